The standard InChI is InChI=1S/C19H24N6O.C2HF3O2/c26-15-17-13-24(22-21-17)12-16-4-2-8-23(11-16)14-19-6-3-9-25(19)18-5-1-7-20-10-18;3-2(4,5)1(6)7/h1,3,5-7,9-10,13,16,26H,2,4,8,11-12,14-15H2;(H,6,7). The van der Waals surface area contributed by atoms with Gasteiger partial charge in [-0.05, 0) is 49.6 Å². The molecule has 1 fully saturated rings. The molecule has 0 aliphatic carbocycles. The molecule has 0 aromatic carbocycles. The van der Waals surface area contributed by atoms with Gasteiger partial charge < -0.3 is 14.8 Å². The van der Waals surface area contributed by atoms with E-state index in [-0.39, 0.29) is 6.61 Å². The molecular formula is C21H25F3N6O3. The molecule has 1 aliphatic rings. The third kappa shape index (κ3) is 7.12. The summed E-state index contributed by atoms with van der Waals surface area (Å²) in [5.41, 5.74) is 3.01. The Morgan fingerprint density at radius 1 is 1.24 bits per heavy atom. The number of pyridine rings is 1. The number of piperidine rings is 1. The summed E-state index contributed by atoms with van der Waals surface area (Å²) in [6.45, 7) is 3.90. The number of carboxylic acid groups (broad SMARTS) is 1. The SMILES string of the molecule is O=C(O)C(F)(F)F.OCc1cn(CC2CCCN(Cc3cccn3-c3cccnc3)C2)nn1. The molecule has 9 nitrogen and oxygen atoms in total. The molecule has 0 amide bonds. The van der Waals surface area contributed by atoms with E-state index in [1.54, 1.807) is 6.20 Å². The van der Waals surface area contributed by atoms with Gasteiger partial charge in [-0.2, -0.15) is 13.2 Å². The lowest BCUT2D eigenvalue weighted by Gasteiger charge is -2.32. The largest absolute Gasteiger partial charge is 0.490 e. The van der Waals surface area contributed by atoms with Crippen LogP contribution in [-0.4, -0.2) is 64.9 Å². The highest BCUT2D eigenvalue weighted by Crippen LogP contribution is 2.21. The highest BCUT2D eigenvalue weighted by molar-refractivity contribution is 5.73. The second-order valence-corrected chi connectivity index (χ2v) is 7.72. The Morgan fingerprint density at radius 2 is 2.03 bits per heavy atom. The van der Waals surface area contributed by atoms with Crippen molar-refractivity contribution in [1.29, 1.82) is 0 Å². The molecule has 1 aliphatic heterocycles. The molecule has 0 bridgehead atoms. The maximum absolute atomic E-state index is 10.6. The van der Waals surface area contributed by atoms with Crippen LogP contribution in [0.3, 0.4) is 0 Å². The normalized spacial score (nSPS) is 16.8. The van der Waals surface area contributed by atoms with E-state index >= 15 is 0 Å². The summed E-state index contributed by atoms with van der Waals surface area (Å²) in [7, 11) is 0. The maximum Gasteiger partial charge on any atom is 0.490 e. The zero-order valence-electron chi connectivity index (χ0n) is 17.8. The Labute approximate surface area is 188 Å². The van der Waals surface area contributed by atoms with Crippen LogP contribution in [0.15, 0.2) is 49.1 Å². The van der Waals surface area contributed by atoms with Gasteiger partial charge in [0.2, 0.25) is 0 Å². The highest BCUT2D eigenvalue weighted by atomic mass is 19.4. The van der Waals surface area contributed by atoms with E-state index in [9.17, 15) is 13.2 Å². The van der Waals surface area contributed by atoms with Crippen molar-refractivity contribution in [3.8, 4) is 5.69 Å². The van der Waals surface area contributed by atoms with Gasteiger partial charge >= 0.3 is 12.1 Å². The van der Waals surface area contributed by atoms with Crippen molar-refractivity contribution >= 4 is 5.97 Å². The molecule has 33 heavy (non-hydrogen) atoms. The molecule has 4 rings (SSSR count). The summed E-state index contributed by atoms with van der Waals surface area (Å²) < 4.78 is 35.8. The molecule has 3 aromatic rings. The Kier molecular flexibility index (Phi) is 8.17. The number of aromatic nitrogens is 5. The maximum atomic E-state index is 10.6. The van der Waals surface area contributed by atoms with Crippen LogP contribution in [0.5, 0.6) is 0 Å². The molecule has 4 heterocycles. The van der Waals surface area contributed by atoms with E-state index in [0.717, 1.165) is 31.9 Å². The molecule has 2 N–H and O–H groups in total. The van der Waals surface area contributed by atoms with E-state index in [4.69, 9.17) is 15.0 Å². The minimum absolute atomic E-state index is 0.0534. The van der Waals surface area contributed by atoms with Gasteiger partial charge in [0.15, 0.2) is 0 Å². The lowest BCUT2D eigenvalue weighted by atomic mass is 9.98. The predicted octanol–water partition coefficient (Wildman–Crippen LogP) is 2.50. The first-order valence-electron chi connectivity index (χ1n) is 10.3. The summed E-state index contributed by atoms with van der Waals surface area (Å²) in [5, 5.41) is 24.3. The zero-order valence-corrected chi connectivity index (χ0v) is 17.8. The summed E-state index contributed by atoms with van der Waals surface area (Å²) >= 11 is 0. The summed E-state index contributed by atoms with van der Waals surface area (Å²) in [6, 6.07) is 8.32. The molecule has 12 heteroatoms. The molecule has 0 radical (unpaired) electrons. The molecule has 0 saturated carbocycles. The van der Waals surface area contributed by atoms with Crippen LogP contribution in [0.4, 0.5) is 13.2 Å². The molecule has 0 spiro atoms. The van der Waals surface area contributed by atoms with Crippen molar-refractivity contribution in [3.63, 3.8) is 0 Å². The Bertz CT molecular complexity index is 1020. The number of alkyl halides is 3. The van der Waals surface area contributed by atoms with Gasteiger partial charge in [0.1, 0.15) is 5.69 Å². The van der Waals surface area contributed by atoms with Gasteiger partial charge in [0.25, 0.3) is 0 Å². The summed E-state index contributed by atoms with van der Waals surface area (Å²) in [4.78, 5) is 15.6. The molecule has 1 atom stereocenters. The van der Waals surface area contributed by atoms with Crippen molar-refractivity contribution in [2.24, 2.45) is 5.92 Å². The number of carboxylic acids is 1. The highest BCUT2D eigenvalue weighted by Gasteiger charge is 2.38. The average molecular weight is 466 g/mol. The fourth-order valence-electron chi connectivity index (χ4n) is 3.73. The van der Waals surface area contributed by atoms with E-state index in [2.05, 4.69) is 49.2 Å². The quantitative estimate of drug-likeness (QED) is 0.575. The molecule has 178 valence electrons. The van der Waals surface area contributed by atoms with Crippen LogP contribution in [0, 0.1) is 5.92 Å². The first-order chi connectivity index (χ1) is 15.8. The van der Waals surface area contributed by atoms with Crippen molar-refractivity contribution in [1.82, 2.24) is 29.4 Å². The lowest BCUT2D eigenvalue weighted by molar-refractivity contribution is -0.192. The molecule has 1 saturated heterocycles. The van der Waals surface area contributed by atoms with Crippen molar-refractivity contribution in [2.45, 2.75) is 38.7 Å². The third-order valence-electron chi connectivity index (χ3n) is 5.18. The van der Waals surface area contributed by atoms with Crippen LogP contribution in [-0.2, 0) is 24.5 Å². The number of rotatable bonds is 6. The van der Waals surface area contributed by atoms with Crippen LogP contribution in [0.2, 0.25) is 0 Å². The van der Waals surface area contributed by atoms with Gasteiger partial charge in [-0.25, -0.2) is 4.79 Å². The average Bonchev–Trinajstić information content (AvgIpc) is 3.44. The number of aliphatic hydroxyl groups excluding tert-OH is 1. The number of likely N-dealkylation sites (tertiary alicyclic amines) is 1. The molecule has 1 unspecified atom stereocenters. The van der Waals surface area contributed by atoms with E-state index in [1.807, 2.05) is 23.1 Å². The first kappa shape index (κ1) is 24.4. The van der Waals surface area contributed by atoms with Gasteiger partial charge in [-0.1, -0.05) is 5.21 Å². The van der Waals surface area contributed by atoms with Crippen LogP contribution < -0.4 is 0 Å². The number of nitrogens with zero attached hydrogens (tertiary/aromatic N) is 6. The van der Waals surface area contributed by atoms with E-state index in [0.29, 0.717) is 11.6 Å². The Hall–Kier alpha value is -3.25. The number of hydrogen-bond donors (Lipinski definition) is 2. The Morgan fingerprint density at radius 3 is 2.67 bits per heavy atom. The van der Waals surface area contributed by atoms with Gasteiger partial charge in [-0.15, -0.1) is 5.10 Å². The molecule has 3 aromatic heterocycles. The van der Waals surface area contributed by atoms with Crippen LogP contribution >= 0.6 is 0 Å². The van der Waals surface area contributed by atoms with Gasteiger partial charge in [0, 0.05) is 37.7 Å². The summed E-state index contributed by atoms with van der Waals surface area (Å²) in [5.74, 6) is -2.20. The number of aliphatic carboxylic acids is 1. The number of halogens is 3. The van der Waals surface area contributed by atoms with Gasteiger partial charge in [0.05, 0.1) is 24.7 Å². The monoisotopic (exact) mass is 466 g/mol. The minimum Gasteiger partial charge on any atom is -0.475 e. The van der Waals surface area contributed by atoms with Crippen LogP contribution in [0.25, 0.3) is 5.69 Å². The predicted molar refractivity (Wildman–Crippen MR) is 111 cm³/mol. The smallest absolute Gasteiger partial charge is 0.475 e. The topological polar surface area (TPSA) is 109 Å². The van der Waals surface area contributed by atoms with Gasteiger partial charge in [-0.3, -0.25) is 14.6 Å². The minimum atomic E-state index is -5.08. The lowest BCUT2D eigenvalue weighted by Crippen LogP contribution is -2.37. The third-order valence-corrected chi connectivity index (χ3v) is 5.18. The van der Waals surface area contributed by atoms with E-state index < -0.39 is 12.1 Å². The molecular weight excluding hydrogens is 441 g/mol. The fourth-order valence-corrected chi connectivity index (χ4v) is 3.73. The number of carbonyl (C=O) groups is 1. The Balaban J connectivity index is 0.000000383. The number of aliphatic hydroxyl groups is 1. The number of hydrogen-bond acceptors (Lipinski definition) is 6. The fraction of sp³-hybridized carbons (Fsp3) is 0.429. The van der Waals surface area contributed by atoms with E-state index in [1.165, 1.54) is 18.5 Å². The summed E-state index contributed by atoms with van der Waals surface area (Å²) in [6.07, 6.45) is 4.95. The second-order valence-electron chi connectivity index (χ2n) is 7.72. The second kappa shape index (κ2) is 11.1. The van der Waals surface area contributed by atoms with Crippen LogP contribution in [0.1, 0.15) is 24.2 Å². The zero-order chi connectivity index (χ0) is 23.8. The van der Waals surface area contributed by atoms with Crippen molar-refractivity contribution in [3.05, 3.63) is 60.4 Å². The van der Waals surface area contributed by atoms with Crippen molar-refractivity contribution in [2.75, 3.05) is 13.1 Å². The first-order valence-corrected chi connectivity index (χ1v) is 10.3. The van der Waals surface area contributed by atoms with Crippen molar-refractivity contribution < 1.29 is 28.2 Å².